The smallest absolute Gasteiger partial charge is 0.280 e. The van der Waals surface area contributed by atoms with Gasteiger partial charge in [-0.1, -0.05) is 30.3 Å². The second-order valence-corrected chi connectivity index (χ2v) is 5.39. The maximum absolute atomic E-state index is 12.0. The number of amides is 1. The lowest BCUT2D eigenvalue weighted by atomic mass is 9.92. The van der Waals surface area contributed by atoms with Crippen molar-refractivity contribution in [1.29, 1.82) is 0 Å². The highest BCUT2D eigenvalue weighted by molar-refractivity contribution is 6.02. The zero-order valence-corrected chi connectivity index (χ0v) is 13.7. The molecular formula is C17H18ClN3O2. The van der Waals surface area contributed by atoms with Crippen LogP contribution in [0.5, 0.6) is 0 Å². The number of ether oxygens (including phenoxy) is 1. The molecule has 0 aliphatic heterocycles. The highest BCUT2D eigenvalue weighted by Crippen LogP contribution is 2.49. The quantitative estimate of drug-likeness (QED) is 0.653. The highest BCUT2D eigenvalue weighted by atomic mass is 35.5. The summed E-state index contributed by atoms with van der Waals surface area (Å²) in [5.74, 6) is -0.708. The third-order valence-corrected chi connectivity index (χ3v) is 4.15. The molecule has 1 aliphatic carbocycles. The van der Waals surface area contributed by atoms with E-state index in [4.69, 9.17) is 16.2 Å². The fourth-order valence-electron chi connectivity index (χ4n) is 2.99. The summed E-state index contributed by atoms with van der Waals surface area (Å²) in [6.07, 6.45) is 0. The van der Waals surface area contributed by atoms with Gasteiger partial charge in [-0.15, -0.1) is 12.4 Å². The molecule has 0 bridgehead atoms. The van der Waals surface area contributed by atoms with E-state index in [1.807, 2.05) is 31.2 Å². The number of hydrogen-bond donors (Lipinski definition) is 2. The molecule has 0 radical (unpaired) electrons. The number of carbonyl (C=O) groups is 1. The Labute approximate surface area is 140 Å². The Bertz CT molecular complexity index is 800. The Morgan fingerprint density at radius 1 is 1.09 bits per heavy atom. The van der Waals surface area contributed by atoms with Gasteiger partial charge in [0.1, 0.15) is 5.60 Å². The van der Waals surface area contributed by atoms with Gasteiger partial charge in [0, 0.05) is 12.7 Å². The van der Waals surface area contributed by atoms with E-state index in [0.29, 0.717) is 5.56 Å². The number of carbonyl (C=O) groups excluding carboxylic acids is 1. The van der Waals surface area contributed by atoms with Gasteiger partial charge in [0.25, 0.3) is 5.91 Å². The second kappa shape index (κ2) is 6.02. The third kappa shape index (κ3) is 2.58. The molecule has 2 aromatic carbocycles. The predicted molar refractivity (Wildman–Crippen MR) is 92.7 cm³/mol. The monoisotopic (exact) mass is 331 g/mol. The van der Waals surface area contributed by atoms with Gasteiger partial charge >= 0.3 is 0 Å². The summed E-state index contributed by atoms with van der Waals surface area (Å²) in [6, 6.07) is 13.5. The number of hydrogen-bond acceptors (Lipinski definition) is 2. The van der Waals surface area contributed by atoms with Gasteiger partial charge in [-0.3, -0.25) is 4.79 Å². The Balaban J connectivity index is 0.00000192. The standard InChI is InChI=1S/C17H17N3O2.ClH/c1-17(22-2)13-6-4-3-5-11(13)12-8-7-10(9-14(12)17)15(21)20-16(18)19;/h3-9H,1-2H3,(H4,18,19,20,21);1H. The first-order chi connectivity index (χ1) is 10.5. The van der Waals surface area contributed by atoms with Crippen LogP contribution in [0.15, 0.2) is 47.5 Å². The fourth-order valence-corrected chi connectivity index (χ4v) is 2.99. The average Bonchev–Trinajstić information content (AvgIpc) is 2.77. The largest absolute Gasteiger partial charge is 0.370 e. The second-order valence-electron chi connectivity index (χ2n) is 5.39. The minimum absolute atomic E-state index is 0. The van der Waals surface area contributed by atoms with Gasteiger partial charge in [0.05, 0.1) is 0 Å². The van der Waals surface area contributed by atoms with Crippen LogP contribution >= 0.6 is 12.4 Å². The first-order valence-electron chi connectivity index (χ1n) is 6.91. The van der Waals surface area contributed by atoms with E-state index in [0.717, 1.165) is 22.3 Å². The topological polar surface area (TPSA) is 90.7 Å². The molecule has 1 atom stereocenters. The molecule has 0 spiro atoms. The SMILES string of the molecule is COC1(C)c2ccccc2-c2ccc(C(=O)N=C(N)N)cc21.Cl. The number of halogens is 1. The highest BCUT2D eigenvalue weighted by Gasteiger charge is 2.39. The molecule has 3 rings (SSSR count). The summed E-state index contributed by atoms with van der Waals surface area (Å²) in [6.45, 7) is 1.99. The van der Waals surface area contributed by atoms with Crippen LogP contribution in [0.4, 0.5) is 0 Å². The molecule has 2 aromatic rings. The van der Waals surface area contributed by atoms with Crippen LogP contribution in [0.25, 0.3) is 11.1 Å². The molecule has 0 saturated carbocycles. The minimum atomic E-state index is -0.597. The molecule has 0 aromatic heterocycles. The van der Waals surface area contributed by atoms with Crippen LogP contribution < -0.4 is 11.5 Å². The van der Waals surface area contributed by atoms with Crippen LogP contribution in [0, 0.1) is 0 Å². The number of aliphatic imine (C=N–C) groups is 1. The maximum atomic E-state index is 12.0. The summed E-state index contributed by atoms with van der Waals surface area (Å²) >= 11 is 0. The van der Waals surface area contributed by atoms with Crippen LogP contribution in [0.2, 0.25) is 0 Å². The molecule has 1 amide bonds. The van der Waals surface area contributed by atoms with Crippen molar-refractivity contribution < 1.29 is 9.53 Å². The Hall–Kier alpha value is -2.37. The van der Waals surface area contributed by atoms with E-state index in [-0.39, 0.29) is 18.4 Å². The van der Waals surface area contributed by atoms with Crippen molar-refractivity contribution in [3.05, 3.63) is 59.2 Å². The van der Waals surface area contributed by atoms with Crippen molar-refractivity contribution in [2.24, 2.45) is 16.5 Å². The summed E-state index contributed by atoms with van der Waals surface area (Å²) in [5.41, 5.74) is 14.6. The number of benzene rings is 2. The van der Waals surface area contributed by atoms with Gasteiger partial charge in [0.15, 0.2) is 5.96 Å². The molecule has 120 valence electrons. The summed E-state index contributed by atoms with van der Waals surface area (Å²) in [5, 5.41) is 0. The molecule has 1 unspecified atom stereocenters. The molecule has 0 saturated heterocycles. The average molecular weight is 332 g/mol. The minimum Gasteiger partial charge on any atom is -0.370 e. The van der Waals surface area contributed by atoms with Gasteiger partial charge in [-0.2, -0.15) is 4.99 Å². The zero-order chi connectivity index (χ0) is 15.9. The normalized spacial score (nSPS) is 17.7. The van der Waals surface area contributed by atoms with Crippen molar-refractivity contribution in [2.75, 3.05) is 7.11 Å². The van der Waals surface area contributed by atoms with Crippen molar-refractivity contribution in [3.63, 3.8) is 0 Å². The Morgan fingerprint density at radius 3 is 2.39 bits per heavy atom. The lowest BCUT2D eigenvalue weighted by molar-refractivity contribution is 0.0430. The van der Waals surface area contributed by atoms with Crippen molar-refractivity contribution >= 4 is 24.3 Å². The number of nitrogens with zero attached hydrogens (tertiary/aromatic N) is 1. The Kier molecular flexibility index (Phi) is 4.45. The summed E-state index contributed by atoms with van der Waals surface area (Å²) in [7, 11) is 1.66. The van der Waals surface area contributed by atoms with Crippen molar-refractivity contribution in [1.82, 2.24) is 0 Å². The van der Waals surface area contributed by atoms with Crippen LogP contribution in [-0.2, 0) is 10.3 Å². The molecule has 0 heterocycles. The van der Waals surface area contributed by atoms with Crippen LogP contribution in [-0.4, -0.2) is 19.0 Å². The first-order valence-corrected chi connectivity index (χ1v) is 6.91. The van der Waals surface area contributed by atoms with E-state index in [1.165, 1.54) is 0 Å². The maximum Gasteiger partial charge on any atom is 0.280 e. The van der Waals surface area contributed by atoms with Crippen LogP contribution in [0.3, 0.4) is 0 Å². The van der Waals surface area contributed by atoms with Gasteiger partial charge in [-0.25, -0.2) is 0 Å². The molecule has 1 aliphatic rings. The Morgan fingerprint density at radius 2 is 1.74 bits per heavy atom. The molecule has 6 heteroatoms. The lowest BCUT2D eigenvalue weighted by Crippen LogP contribution is -2.25. The number of fused-ring (bicyclic) bond motifs is 3. The first kappa shape index (κ1) is 17.0. The number of methoxy groups -OCH3 is 1. The number of nitrogens with two attached hydrogens (primary N) is 2. The van der Waals surface area contributed by atoms with Crippen molar-refractivity contribution in [2.45, 2.75) is 12.5 Å². The van der Waals surface area contributed by atoms with Crippen molar-refractivity contribution in [3.8, 4) is 11.1 Å². The summed E-state index contributed by atoms with van der Waals surface area (Å²) < 4.78 is 5.77. The molecule has 0 fully saturated rings. The van der Waals surface area contributed by atoms with E-state index in [1.54, 1.807) is 19.2 Å². The molecule has 4 N–H and O–H groups in total. The van der Waals surface area contributed by atoms with Gasteiger partial charge < -0.3 is 16.2 Å². The van der Waals surface area contributed by atoms with E-state index in [9.17, 15) is 4.79 Å². The van der Waals surface area contributed by atoms with E-state index >= 15 is 0 Å². The fraction of sp³-hybridized carbons (Fsp3) is 0.176. The van der Waals surface area contributed by atoms with Crippen LogP contribution in [0.1, 0.15) is 28.4 Å². The van der Waals surface area contributed by atoms with E-state index in [2.05, 4.69) is 11.1 Å². The summed E-state index contributed by atoms with van der Waals surface area (Å²) in [4.78, 5) is 15.6. The third-order valence-electron chi connectivity index (χ3n) is 4.15. The molecule has 23 heavy (non-hydrogen) atoms. The lowest BCUT2D eigenvalue weighted by Gasteiger charge is -2.25. The van der Waals surface area contributed by atoms with Gasteiger partial charge in [0.2, 0.25) is 0 Å². The molecular weight excluding hydrogens is 314 g/mol. The number of rotatable bonds is 2. The molecule has 5 nitrogen and oxygen atoms in total. The predicted octanol–water partition coefficient (Wildman–Crippen LogP) is 2.41. The van der Waals surface area contributed by atoms with Gasteiger partial charge in [-0.05, 0) is 41.3 Å². The zero-order valence-electron chi connectivity index (χ0n) is 12.9. The number of guanidine groups is 1. The van der Waals surface area contributed by atoms with E-state index < -0.39 is 11.5 Å².